The molecule has 0 saturated carbocycles. The van der Waals surface area contributed by atoms with Gasteiger partial charge in [0.2, 0.25) is 11.8 Å². The van der Waals surface area contributed by atoms with Crippen molar-refractivity contribution in [2.45, 2.75) is 12.3 Å². The molecule has 5 nitrogen and oxygen atoms in total. The van der Waals surface area contributed by atoms with E-state index in [1.165, 1.54) is 0 Å². The summed E-state index contributed by atoms with van der Waals surface area (Å²) in [5.74, 6) is 0.736. The van der Waals surface area contributed by atoms with Crippen molar-refractivity contribution in [3.63, 3.8) is 0 Å². The van der Waals surface area contributed by atoms with Crippen molar-refractivity contribution >= 4 is 46.6 Å². The van der Waals surface area contributed by atoms with E-state index in [1.807, 2.05) is 49.4 Å². The van der Waals surface area contributed by atoms with Crippen molar-refractivity contribution in [2.75, 3.05) is 28.5 Å². The van der Waals surface area contributed by atoms with Crippen LogP contribution in [-0.2, 0) is 9.59 Å². The predicted molar refractivity (Wildman–Crippen MR) is 106 cm³/mol. The third kappa shape index (κ3) is 3.97. The first-order valence-corrected chi connectivity index (χ1v) is 9.83. The molecule has 7 heteroatoms. The molecular weight excluding hydrogens is 372 g/mol. The molecule has 1 aliphatic heterocycles. The second-order valence-corrected chi connectivity index (χ2v) is 6.97. The zero-order valence-corrected chi connectivity index (χ0v) is 15.8. The fourth-order valence-corrected chi connectivity index (χ4v) is 4.05. The highest BCUT2D eigenvalue weighted by Gasteiger charge is 2.35. The third-order valence-corrected chi connectivity index (χ3v) is 5.32. The normalized spacial score (nSPS) is 16.6. The van der Waals surface area contributed by atoms with Crippen LogP contribution in [0.5, 0.6) is 5.75 Å². The highest BCUT2D eigenvalue weighted by molar-refractivity contribution is 8.00. The Balaban J connectivity index is 1.94. The number of alkyl halides is 1. The van der Waals surface area contributed by atoms with E-state index in [-0.39, 0.29) is 23.1 Å². The molecule has 1 N–H and O–H groups in total. The third-order valence-electron chi connectivity index (χ3n) is 3.87. The van der Waals surface area contributed by atoms with Gasteiger partial charge in [0.05, 0.1) is 18.0 Å². The molecule has 0 unspecified atom stereocenters. The summed E-state index contributed by atoms with van der Waals surface area (Å²) in [4.78, 5) is 25.9. The number of nitrogens with zero attached hydrogens (tertiary/aromatic N) is 1. The highest BCUT2D eigenvalue weighted by Crippen LogP contribution is 2.45. The van der Waals surface area contributed by atoms with Gasteiger partial charge in [0.15, 0.2) is 0 Å². The highest BCUT2D eigenvalue weighted by atomic mass is 35.5. The Bertz CT molecular complexity index is 815. The summed E-state index contributed by atoms with van der Waals surface area (Å²) < 4.78 is 5.70. The first kappa shape index (κ1) is 18.6. The van der Waals surface area contributed by atoms with Gasteiger partial charge in [0.25, 0.3) is 0 Å². The Morgan fingerprint density at radius 1 is 1.31 bits per heavy atom. The molecule has 3 rings (SSSR count). The number of benzene rings is 2. The number of amides is 2. The van der Waals surface area contributed by atoms with Crippen LogP contribution in [0.2, 0.25) is 0 Å². The van der Waals surface area contributed by atoms with Gasteiger partial charge in [-0.15, -0.1) is 23.4 Å². The zero-order valence-electron chi connectivity index (χ0n) is 14.3. The summed E-state index contributed by atoms with van der Waals surface area (Å²) in [5, 5.41) is 2.56. The minimum absolute atomic E-state index is 0.0300. The summed E-state index contributed by atoms with van der Waals surface area (Å²) in [6, 6.07) is 15.0. The van der Waals surface area contributed by atoms with Crippen molar-refractivity contribution < 1.29 is 14.3 Å². The lowest BCUT2D eigenvalue weighted by molar-refractivity contribution is -0.116. The summed E-state index contributed by atoms with van der Waals surface area (Å²) in [6.45, 7) is 2.44. The maximum absolute atomic E-state index is 12.6. The van der Waals surface area contributed by atoms with Crippen LogP contribution in [0.3, 0.4) is 0 Å². The topological polar surface area (TPSA) is 58.6 Å². The smallest absolute Gasteiger partial charge is 0.239 e. The number of carbonyl (C=O) groups is 2. The summed E-state index contributed by atoms with van der Waals surface area (Å²) >= 11 is 7.10. The Labute approximate surface area is 161 Å². The van der Waals surface area contributed by atoms with Crippen LogP contribution in [0, 0.1) is 0 Å². The quantitative estimate of drug-likeness (QED) is 0.756. The number of nitrogens with one attached hydrogen (secondary N) is 1. The lowest BCUT2D eigenvalue weighted by atomic mass is 10.1. The SMILES string of the molecule is CCOc1ccccc1N1C(=O)CS[C@@H]1c1cccc(NC(=O)CCl)c1. The van der Waals surface area contributed by atoms with E-state index in [1.54, 1.807) is 22.7 Å². The standard InChI is InChI=1S/C19H19ClN2O3S/c1-2-25-16-9-4-3-8-15(16)22-18(24)12-26-19(22)13-6-5-7-14(10-13)21-17(23)11-20/h3-10,19H,2,11-12H2,1H3,(H,21,23)/t19-/m1/s1. The summed E-state index contributed by atoms with van der Waals surface area (Å²) in [7, 11) is 0. The van der Waals surface area contributed by atoms with Gasteiger partial charge >= 0.3 is 0 Å². The van der Waals surface area contributed by atoms with Crippen molar-refractivity contribution in [3.8, 4) is 5.75 Å². The second-order valence-electron chi connectivity index (χ2n) is 5.64. The number of para-hydroxylation sites is 2. The molecule has 1 heterocycles. The monoisotopic (exact) mass is 390 g/mol. The van der Waals surface area contributed by atoms with E-state index < -0.39 is 0 Å². The molecule has 0 aromatic heterocycles. The molecule has 2 aromatic carbocycles. The lowest BCUT2D eigenvalue weighted by Crippen LogP contribution is -2.28. The average Bonchev–Trinajstić information content (AvgIpc) is 3.04. The second kappa shape index (κ2) is 8.47. The molecule has 26 heavy (non-hydrogen) atoms. The van der Waals surface area contributed by atoms with Gasteiger partial charge in [-0.3, -0.25) is 14.5 Å². The number of halogens is 1. The van der Waals surface area contributed by atoms with Crippen molar-refractivity contribution in [1.29, 1.82) is 0 Å². The molecule has 0 bridgehead atoms. The molecule has 0 spiro atoms. The molecule has 1 atom stereocenters. The van der Waals surface area contributed by atoms with Crippen LogP contribution < -0.4 is 15.0 Å². The van der Waals surface area contributed by atoms with Crippen LogP contribution in [0.1, 0.15) is 17.9 Å². The Morgan fingerprint density at radius 3 is 2.88 bits per heavy atom. The van der Waals surface area contributed by atoms with E-state index in [0.29, 0.717) is 23.8 Å². The van der Waals surface area contributed by atoms with Gasteiger partial charge in [0.1, 0.15) is 17.0 Å². The minimum atomic E-state index is -0.266. The van der Waals surface area contributed by atoms with Crippen molar-refractivity contribution in [2.24, 2.45) is 0 Å². The molecular formula is C19H19ClN2O3S. The first-order chi connectivity index (χ1) is 12.6. The van der Waals surface area contributed by atoms with Gasteiger partial charge in [-0.25, -0.2) is 0 Å². The zero-order chi connectivity index (χ0) is 18.5. The van der Waals surface area contributed by atoms with E-state index in [9.17, 15) is 9.59 Å². The summed E-state index contributed by atoms with van der Waals surface area (Å²) in [5.41, 5.74) is 2.34. The number of hydrogen-bond donors (Lipinski definition) is 1. The van der Waals surface area contributed by atoms with Gasteiger partial charge < -0.3 is 10.1 Å². The predicted octanol–water partition coefficient (Wildman–Crippen LogP) is 4.04. The number of ether oxygens (including phenoxy) is 1. The van der Waals surface area contributed by atoms with Gasteiger partial charge in [-0.05, 0) is 36.8 Å². The molecule has 2 aromatic rings. The molecule has 2 amide bonds. The van der Waals surface area contributed by atoms with Crippen molar-refractivity contribution in [1.82, 2.24) is 0 Å². The van der Waals surface area contributed by atoms with E-state index in [2.05, 4.69) is 5.32 Å². The van der Waals surface area contributed by atoms with Crippen molar-refractivity contribution in [3.05, 3.63) is 54.1 Å². The molecule has 136 valence electrons. The number of hydrogen-bond acceptors (Lipinski definition) is 4. The molecule has 1 saturated heterocycles. The number of carbonyl (C=O) groups excluding carboxylic acids is 2. The molecule has 0 aliphatic carbocycles. The van der Waals surface area contributed by atoms with E-state index in [4.69, 9.17) is 16.3 Å². The largest absolute Gasteiger partial charge is 0.492 e. The van der Waals surface area contributed by atoms with Crippen LogP contribution in [-0.4, -0.2) is 30.1 Å². The fraction of sp³-hybridized carbons (Fsp3) is 0.263. The maximum atomic E-state index is 12.6. The van der Waals surface area contributed by atoms with Gasteiger partial charge in [-0.2, -0.15) is 0 Å². The van der Waals surface area contributed by atoms with E-state index in [0.717, 1.165) is 11.3 Å². The number of thioether (sulfide) groups is 1. The Kier molecular flexibility index (Phi) is 6.06. The lowest BCUT2D eigenvalue weighted by Gasteiger charge is -2.26. The van der Waals surface area contributed by atoms with E-state index >= 15 is 0 Å². The fourth-order valence-electron chi connectivity index (χ4n) is 2.83. The van der Waals surface area contributed by atoms with Crippen LogP contribution in [0.15, 0.2) is 48.5 Å². The first-order valence-electron chi connectivity index (χ1n) is 8.25. The molecule has 1 fully saturated rings. The number of anilines is 2. The Hall–Kier alpha value is -2.18. The summed E-state index contributed by atoms with van der Waals surface area (Å²) in [6.07, 6.45) is 0. The van der Waals surface area contributed by atoms with Gasteiger partial charge in [0, 0.05) is 5.69 Å². The minimum Gasteiger partial charge on any atom is -0.492 e. The van der Waals surface area contributed by atoms with Crippen LogP contribution in [0.4, 0.5) is 11.4 Å². The average molecular weight is 391 g/mol. The van der Waals surface area contributed by atoms with Crippen LogP contribution >= 0.6 is 23.4 Å². The van der Waals surface area contributed by atoms with Gasteiger partial charge in [-0.1, -0.05) is 24.3 Å². The maximum Gasteiger partial charge on any atom is 0.239 e. The number of rotatable bonds is 6. The molecule has 0 radical (unpaired) electrons. The Morgan fingerprint density at radius 2 is 2.12 bits per heavy atom. The van der Waals surface area contributed by atoms with Crippen LogP contribution in [0.25, 0.3) is 0 Å². The molecule has 1 aliphatic rings.